The number of nitrogens with zero attached hydrogens (tertiary/aromatic N) is 1. The van der Waals surface area contributed by atoms with Crippen molar-refractivity contribution < 1.29 is 20.1 Å². The molecule has 3 atom stereocenters. The van der Waals surface area contributed by atoms with Gasteiger partial charge in [-0.3, -0.25) is 4.90 Å². The molecular weight excluding hydrogens is 294 g/mol. The Bertz CT molecular complexity index is 532. The van der Waals surface area contributed by atoms with Crippen LogP contribution >= 0.6 is 0 Å². The second kappa shape index (κ2) is 6.77. The monoisotopic (exact) mass is 321 g/mol. The van der Waals surface area contributed by atoms with Crippen LogP contribution in [0.5, 0.6) is 5.75 Å². The highest BCUT2D eigenvalue weighted by molar-refractivity contribution is 5.37. The molecular formula is C18H27NO4. The molecule has 128 valence electrons. The quantitative estimate of drug-likeness (QED) is 0.740. The van der Waals surface area contributed by atoms with Gasteiger partial charge in [-0.2, -0.15) is 0 Å². The van der Waals surface area contributed by atoms with Gasteiger partial charge in [-0.25, -0.2) is 0 Å². The second-order valence-corrected chi connectivity index (χ2v) is 6.97. The van der Waals surface area contributed by atoms with Crippen LogP contribution in [0.2, 0.25) is 0 Å². The number of rotatable bonds is 6. The van der Waals surface area contributed by atoms with Crippen molar-refractivity contribution in [2.75, 3.05) is 20.2 Å². The predicted molar refractivity (Wildman–Crippen MR) is 87.4 cm³/mol. The molecule has 0 amide bonds. The van der Waals surface area contributed by atoms with Gasteiger partial charge >= 0.3 is 0 Å². The summed E-state index contributed by atoms with van der Waals surface area (Å²) in [5.41, 5.74) is 0.270. The Hall–Kier alpha value is -1.14. The van der Waals surface area contributed by atoms with Gasteiger partial charge in [0, 0.05) is 25.1 Å². The smallest absolute Gasteiger partial charge is 0.123 e. The standard InChI is InChI=1S/C18H27NO4/c1-23-16-6-3-2-5-14(16)17-15(21)7-10-19(17)12-13(20)11-18(22)8-4-9-18/h2-3,5-6,13,15,17,20-22H,4,7-12H2,1H3/t13?,15-,17-/m1/s1. The van der Waals surface area contributed by atoms with E-state index in [1.54, 1.807) is 7.11 Å². The zero-order chi connectivity index (χ0) is 16.4. The third kappa shape index (κ3) is 3.53. The summed E-state index contributed by atoms with van der Waals surface area (Å²) >= 11 is 0. The van der Waals surface area contributed by atoms with Crippen LogP contribution in [-0.2, 0) is 0 Å². The molecule has 0 aromatic heterocycles. The first-order valence-corrected chi connectivity index (χ1v) is 8.48. The Morgan fingerprint density at radius 2 is 2.09 bits per heavy atom. The lowest BCUT2D eigenvalue weighted by Crippen LogP contribution is -2.43. The van der Waals surface area contributed by atoms with E-state index in [-0.39, 0.29) is 6.04 Å². The van der Waals surface area contributed by atoms with E-state index >= 15 is 0 Å². The SMILES string of the molecule is COc1ccccc1[C@@H]1[C@H](O)CCN1CC(O)CC1(O)CCC1. The highest BCUT2D eigenvalue weighted by atomic mass is 16.5. The minimum atomic E-state index is -0.683. The lowest BCUT2D eigenvalue weighted by Gasteiger charge is -2.39. The second-order valence-electron chi connectivity index (χ2n) is 6.97. The lowest BCUT2D eigenvalue weighted by molar-refractivity contribution is -0.0742. The van der Waals surface area contributed by atoms with Crippen LogP contribution in [0.3, 0.4) is 0 Å². The van der Waals surface area contributed by atoms with Crippen molar-refractivity contribution in [2.45, 2.75) is 56.0 Å². The fraction of sp³-hybridized carbons (Fsp3) is 0.667. The maximum atomic E-state index is 10.4. The molecule has 2 fully saturated rings. The predicted octanol–water partition coefficient (Wildman–Crippen LogP) is 1.47. The van der Waals surface area contributed by atoms with E-state index in [1.165, 1.54) is 0 Å². The molecule has 5 nitrogen and oxygen atoms in total. The first-order valence-electron chi connectivity index (χ1n) is 8.48. The fourth-order valence-electron chi connectivity index (χ4n) is 3.92. The van der Waals surface area contributed by atoms with Gasteiger partial charge in [0.1, 0.15) is 5.75 Å². The topological polar surface area (TPSA) is 73.2 Å². The molecule has 1 saturated heterocycles. The Morgan fingerprint density at radius 1 is 1.35 bits per heavy atom. The highest BCUT2D eigenvalue weighted by Crippen LogP contribution is 2.39. The fourth-order valence-corrected chi connectivity index (χ4v) is 3.92. The van der Waals surface area contributed by atoms with Crippen LogP contribution in [0.4, 0.5) is 0 Å². The van der Waals surface area contributed by atoms with E-state index < -0.39 is 17.8 Å². The van der Waals surface area contributed by atoms with E-state index in [1.807, 2.05) is 24.3 Å². The molecule has 0 bridgehead atoms. The molecule has 1 saturated carbocycles. The number of methoxy groups -OCH3 is 1. The van der Waals surface area contributed by atoms with Gasteiger partial charge in [0.05, 0.1) is 31.0 Å². The van der Waals surface area contributed by atoms with Crippen molar-refractivity contribution in [3.8, 4) is 5.75 Å². The van der Waals surface area contributed by atoms with Crippen molar-refractivity contribution in [3.63, 3.8) is 0 Å². The van der Waals surface area contributed by atoms with Crippen molar-refractivity contribution in [2.24, 2.45) is 0 Å². The Morgan fingerprint density at radius 3 is 2.74 bits per heavy atom. The molecule has 1 unspecified atom stereocenters. The molecule has 3 rings (SSSR count). The third-order valence-electron chi connectivity index (χ3n) is 5.27. The minimum Gasteiger partial charge on any atom is -0.496 e. The van der Waals surface area contributed by atoms with Gasteiger partial charge < -0.3 is 20.1 Å². The van der Waals surface area contributed by atoms with E-state index in [4.69, 9.17) is 4.74 Å². The lowest BCUT2D eigenvalue weighted by atomic mass is 9.76. The maximum absolute atomic E-state index is 10.4. The van der Waals surface area contributed by atoms with Gasteiger partial charge in [-0.1, -0.05) is 18.2 Å². The van der Waals surface area contributed by atoms with Crippen LogP contribution in [0, 0.1) is 0 Å². The summed E-state index contributed by atoms with van der Waals surface area (Å²) in [6, 6.07) is 7.55. The summed E-state index contributed by atoms with van der Waals surface area (Å²) in [4.78, 5) is 2.11. The molecule has 0 radical (unpaired) electrons. The molecule has 1 aliphatic carbocycles. The van der Waals surface area contributed by atoms with Crippen molar-refractivity contribution in [1.29, 1.82) is 0 Å². The summed E-state index contributed by atoms with van der Waals surface area (Å²) in [5.74, 6) is 0.760. The van der Waals surface area contributed by atoms with E-state index in [0.717, 1.165) is 37.1 Å². The molecule has 1 aromatic rings. The minimum absolute atomic E-state index is 0.170. The number of benzene rings is 1. The molecule has 3 N–H and O–H groups in total. The number of para-hydroxylation sites is 1. The van der Waals surface area contributed by atoms with Gasteiger partial charge in [0.15, 0.2) is 0 Å². The van der Waals surface area contributed by atoms with Crippen molar-refractivity contribution in [1.82, 2.24) is 4.90 Å². The molecule has 0 spiro atoms. The number of ether oxygens (including phenoxy) is 1. The number of hydrogen-bond acceptors (Lipinski definition) is 5. The van der Waals surface area contributed by atoms with Crippen LogP contribution < -0.4 is 4.74 Å². The Labute approximate surface area is 137 Å². The van der Waals surface area contributed by atoms with Gasteiger partial charge in [-0.05, 0) is 31.7 Å². The molecule has 1 heterocycles. The number of β-amino-alcohol motifs (C(OH)–C–C–N with tert-alkyl or cyclic N) is 1. The maximum Gasteiger partial charge on any atom is 0.123 e. The third-order valence-corrected chi connectivity index (χ3v) is 5.27. The first kappa shape index (κ1) is 16.7. The normalized spacial score (nSPS) is 28.3. The first-order chi connectivity index (χ1) is 11.0. The molecule has 1 aliphatic heterocycles. The van der Waals surface area contributed by atoms with E-state index in [9.17, 15) is 15.3 Å². The Kier molecular flexibility index (Phi) is 4.92. The number of aliphatic hydroxyl groups excluding tert-OH is 2. The summed E-state index contributed by atoms with van der Waals surface area (Å²) < 4.78 is 5.43. The zero-order valence-corrected chi connectivity index (χ0v) is 13.7. The van der Waals surface area contributed by atoms with E-state index in [2.05, 4.69) is 4.90 Å². The van der Waals surface area contributed by atoms with Crippen LogP contribution in [0.1, 0.15) is 43.7 Å². The highest BCUT2D eigenvalue weighted by Gasteiger charge is 2.40. The number of aliphatic hydroxyl groups is 3. The Balaban J connectivity index is 1.70. The van der Waals surface area contributed by atoms with Crippen LogP contribution in [-0.4, -0.2) is 58.2 Å². The zero-order valence-electron chi connectivity index (χ0n) is 13.7. The van der Waals surface area contributed by atoms with Gasteiger partial charge in [0.25, 0.3) is 0 Å². The van der Waals surface area contributed by atoms with Crippen LogP contribution in [0.15, 0.2) is 24.3 Å². The summed E-state index contributed by atoms with van der Waals surface area (Å²) in [7, 11) is 1.63. The summed E-state index contributed by atoms with van der Waals surface area (Å²) in [6.07, 6.45) is 2.65. The van der Waals surface area contributed by atoms with Gasteiger partial charge in [-0.15, -0.1) is 0 Å². The molecule has 2 aliphatic rings. The average Bonchev–Trinajstić information content (AvgIpc) is 2.86. The largest absolute Gasteiger partial charge is 0.496 e. The number of likely N-dealkylation sites (tertiary alicyclic amines) is 1. The van der Waals surface area contributed by atoms with Crippen LogP contribution in [0.25, 0.3) is 0 Å². The summed E-state index contributed by atoms with van der Waals surface area (Å²) in [5, 5.41) is 31.0. The molecule has 23 heavy (non-hydrogen) atoms. The van der Waals surface area contributed by atoms with Crippen molar-refractivity contribution >= 4 is 0 Å². The van der Waals surface area contributed by atoms with E-state index in [0.29, 0.717) is 19.4 Å². The average molecular weight is 321 g/mol. The number of hydrogen-bond donors (Lipinski definition) is 3. The van der Waals surface area contributed by atoms with Gasteiger partial charge in [0.2, 0.25) is 0 Å². The molecule has 5 heteroatoms. The van der Waals surface area contributed by atoms with Crippen molar-refractivity contribution in [3.05, 3.63) is 29.8 Å². The molecule has 1 aromatic carbocycles. The summed E-state index contributed by atoms with van der Waals surface area (Å²) in [6.45, 7) is 1.20.